The van der Waals surface area contributed by atoms with Crippen molar-refractivity contribution in [2.24, 2.45) is 0 Å². The van der Waals surface area contributed by atoms with Crippen LogP contribution in [0.5, 0.6) is 0 Å². The molecule has 1 aliphatic rings. The highest BCUT2D eigenvalue weighted by molar-refractivity contribution is 7.89. The molecule has 0 saturated carbocycles. The number of benzene rings is 2. The van der Waals surface area contributed by atoms with E-state index in [1.165, 1.54) is 5.56 Å². The van der Waals surface area contributed by atoms with Crippen LogP contribution in [0.1, 0.15) is 23.6 Å². The molecule has 1 atom stereocenters. The van der Waals surface area contributed by atoms with E-state index in [2.05, 4.69) is 10.8 Å². The summed E-state index contributed by atoms with van der Waals surface area (Å²) < 4.78 is 27.2. The molecule has 1 amide bonds. The van der Waals surface area contributed by atoms with E-state index in [1.807, 2.05) is 48.5 Å². The number of fused-ring (bicyclic) bond motifs is 1. The quantitative estimate of drug-likeness (QED) is 0.845. The van der Waals surface area contributed by atoms with Gasteiger partial charge in [0.15, 0.2) is 0 Å². The van der Waals surface area contributed by atoms with Crippen molar-refractivity contribution >= 4 is 15.9 Å². The molecule has 3 rings (SSSR count). The largest absolute Gasteiger partial charge is 0.337 e. The van der Waals surface area contributed by atoms with Crippen LogP contribution in [0.25, 0.3) is 0 Å². The Kier molecular flexibility index (Phi) is 5.74. The van der Waals surface area contributed by atoms with Crippen LogP contribution >= 0.6 is 0 Å². The van der Waals surface area contributed by atoms with Crippen LogP contribution in [0, 0.1) is 0 Å². The van der Waals surface area contributed by atoms with Crippen LogP contribution in [0.3, 0.4) is 0 Å². The third-order valence-electron chi connectivity index (χ3n) is 4.67. The first-order valence-electron chi connectivity index (χ1n) is 8.84. The van der Waals surface area contributed by atoms with Gasteiger partial charge in [-0.2, -0.15) is 0 Å². The summed E-state index contributed by atoms with van der Waals surface area (Å²) in [7, 11) is -3.52. The monoisotopic (exact) mass is 372 g/mol. The van der Waals surface area contributed by atoms with Crippen molar-refractivity contribution in [2.45, 2.75) is 32.4 Å². The third-order valence-corrected chi connectivity index (χ3v) is 6.13. The van der Waals surface area contributed by atoms with Crippen LogP contribution in [-0.2, 0) is 34.2 Å². The van der Waals surface area contributed by atoms with Crippen LogP contribution in [0.4, 0.5) is 0 Å². The highest BCUT2D eigenvalue weighted by Crippen LogP contribution is 2.19. The van der Waals surface area contributed by atoms with E-state index in [0.29, 0.717) is 19.5 Å². The van der Waals surface area contributed by atoms with Gasteiger partial charge in [0.1, 0.15) is 0 Å². The van der Waals surface area contributed by atoms with E-state index >= 15 is 0 Å². The first-order chi connectivity index (χ1) is 12.4. The summed E-state index contributed by atoms with van der Waals surface area (Å²) in [6.45, 7) is 2.76. The zero-order valence-corrected chi connectivity index (χ0v) is 15.7. The molecule has 0 radical (unpaired) electrons. The highest BCUT2D eigenvalue weighted by Gasteiger charge is 2.27. The number of nitrogens with zero attached hydrogens (tertiary/aromatic N) is 1. The molecule has 0 aliphatic carbocycles. The van der Waals surface area contributed by atoms with Gasteiger partial charge in [-0.1, -0.05) is 54.6 Å². The van der Waals surface area contributed by atoms with E-state index in [1.54, 1.807) is 11.8 Å². The minimum absolute atomic E-state index is 0.0303. The van der Waals surface area contributed by atoms with Gasteiger partial charge in [-0.05, 0) is 36.5 Å². The van der Waals surface area contributed by atoms with Gasteiger partial charge in [-0.15, -0.1) is 0 Å². The molecule has 0 unspecified atom stereocenters. The maximum atomic E-state index is 12.7. The Morgan fingerprint density at radius 2 is 1.73 bits per heavy atom. The van der Waals surface area contributed by atoms with Crippen molar-refractivity contribution in [1.82, 2.24) is 9.62 Å². The van der Waals surface area contributed by atoms with Gasteiger partial charge >= 0.3 is 0 Å². The van der Waals surface area contributed by atoms with Crippen LogP contribution in [0.15, 0.2) is 54.6 Å². The Hall–Kier alpha value is -2.18. The molecule has 0 fully saturated rings. The molecule has 1 heterocycles. The molecule has 0 aromatic heterocycles. The summed E-state index contributed by atoms with van der Waals surface area (Å²) in [6.07, 6.45) is 1.23. The fraction of sp³-hybridized carbons (Fsp3) is 0.350. The maximum Gasteiger partial charge on any atom is 0.240 e. The Balaban J connectivity index is 1.57. The van der Waals surface area contributed by atoms with E-state index in [9.17, 15) is 13.2 Å². The number of hydrogen-bond donors (Lipinski definition) is 1. The van der Waals surface area contributed by atoms with Gasteiger partial charge in [0.25, 0.3) is 0 Å². The van der Waals surface area contributed by atoms with Crippen molar-refractivity contribution in [3.8, 4) is 0 Å². The van der Waals surface area contributed by atoms with E-state index < -0.39 is 16.1 Å². The molecule has 26 heavy (non-hydrogen) atoms. The first-order valence-corrected chi connectivity index (χ1v) is 10.5. The second kappa shape index (κ2) is 8.01. The molecule has 138 valence electrons. The molecule has 0 bridgehead atoms. The number of amides is 1. The molecule has 2 aromatic rings. The van der Waals surface area contributed by atoms with E-state index in [-0.39, 0.29) is 11.7 Å². The summed E-state index contributed by atoms with van der Waals surface area (Å²) in [4.78, 5) is 14.4. The molecule has 5 nitrogen and oxygen atoms in total. The average Bonchev–Trinajstić information content (AvgIpc) is 2.66. The number of sulfonamides is 1. The van der Waals surface area contributed by atoms with Crippen molar-refractivity contribution in [2.75, 3.05) is 12.3 Å². The molecule has 0 saturated heterocycles. The minimum atomic E-state index is -3.52. The Bertz CT molecular complexity index is 866. The summed E-state index contributed by atoms with van der Waals surface area (Å²) in [5.74, 6) is -0.208. The number of rotatable bonds is 6. The lowest BCUT2D eigenvalue weighted by atomic mass is 9.99. The van der Waals surface area contributed by atoms with Gasteiger partial charge in [0, 0.05) is 13.1 Å². The summed E-state index contributed by atoms with van der Waals surface area (Å²) in [6, 6.07) is 16.8. The van der Waals surface area contributed by atoms with Crippen LogP contribution in [0.2, 0.25) is 0 Å². The zero-order valence-electron chi connectivity index (χ0n) is 14.9. The Morgan fingerprint density at radius 1 is 1.08 bits per heavy atom. The predicted molar refractivity (Wildman–Crippen MR) is 102 cm³/mol. The average molecular weight is 372 g/mol. The van der Waals surface area contributed by atoms with Gasteiger partial charge in [-0.25, -0.2) is 13.1 Å². The van der Waals surface area contributed by atoms with Gasteiger partial charge in [0.05, 0.1) is 11.8 Å². The van der Waals surface area contributed by atoms with Crippen molar-refractivity contribution in [3.05, 3.63) is 71.3 Å². The fourth-order valence-electron chi connectivity index (χ4n) is 3.23. The van der Waals surface area contributed by atoms with Crippen molar-refractivity contribution in [1.29, 1.82) is 0 Å². The van der Waals surface area contributed by atoms with Gasteiger partial charge in [0.2, 0.25) is 15.9 Å². The molecular weight excluding hydrogens is 348 g/mol. The fourth-order valence-corrected chi connectivity index (χ4v) is 4.50. The highest BCUT2D eigenvalue weighted by atomic mass is 32.2. The molecule has 0 spiro atoms. The van der Waals surface area contributed by atoms with E-state index in [4.69, 9.17) is 0 Å². The standard InChI is InChI=1S/C20H24N2O3S/c1-16(21-26(24,25)14-12-17-7-3-2-4-8-17)20(23)22-13-11-18-9-5-6-10-19(18)15-22/h2-10,16,21H,11-15H2,1H3/t16-/m0/s1. The predicted octanol–water partition coefficient (Wildman–Crippen LogP) is 2.12. The summed E-state index contributed by atoms with van der Waals surface area (Å²) in [5, 5.41) is 0. The second-order valence-electron chi connectivity index (χ2n) is 6.67. The number of aryl methyl sites for hydroxylation is 1. The second-order valence-corrected chi connectivity index (χ2v) is 8.55. The number of carbonyl (C=O) groups is 1. The summed E-state index contributed by atoms with van der Waals surface area (Å²) in [5.41, 5.74) is 3.35. The topological polar surface area (TPSA) is 66.5 Å². The molecule has 2 aromatic carbocycles. The summed E-state index contributed by atoms with van der Waals surface area (Å²) >= 11 is 0. The molecule has 6 heteroatoms. The molecule has 1 N–H and O–H groups in total. The lowest BCUT2D eigenvalue weighted by Crippen LogP contribution is -2.48. The SMILES string of the molecule is C[C@H](NS(=O)(=O)CCc1ccccc1)C(=O)N1CCc2ccccc2C1. The third kappa shape index (κ3) is 4.71. The Labute approximate surface area is 155 Å². The van der Waals surface area contributed by atoms with Gasteiger partial charge < -0.3 is 4.90 Å². The van der Waals surface area contributed by atoms with Crippen molar-refractivity contribution < 1.29 is 13.2 Å². The number of nitrogens with one attached hydrogen (secondary N) is 1. The first kappa shape index (κ1) is 18.6. The number of hydrogen-bond acceptors (Lipinski definition) is 3. The molecular formula is C20H24N2O3S. The molecule has 1 aliphatic heterocycles. The van der Waals surface area contributed by atoms with Crippen LogP contribution in [-0.4, -0.2) is 37.6 Å². The van der Waals surface area contributed by atoms with Crippen molar-refractivity contribution in [3.63, 3.8) is 0 Å². The maximum absolute atomic E-state index is 12.7. The smallest absolute Gasteiger partial charge is 0.240 e. The lowest BCUT2D eigenvalue weighted by Gasteiger charge is -2.31. The van der Waals surface area contributed by atoms with Crippen LogP contribution < -0.4 is 4.72 Å². The van der Waals surface area contributed by atoms with E-state index in [0.717, 1.165) is 17.5 Å². The normalized spacial score (nSPS) is 15.3. The lowest BCUT2D eigenvalue weighted by molar-refractivity contribution is -0.133. The van der Waals surface area contributed by atoms with Gasteiger partial charge in [-0.3, -0.25) is 4.79 Å². The number of carbonyl (C=O) groups excluding carboxylic acids is 1. The Morgan fingerprint density at radius 3 is 2.46 bits per heavy atom. The minimum Gasteiger partial charge on any atom is -0.337 e. The zero-order chi connectivity index (χ0) is 18.6.